The first-order valence-electron chi connectivity index (χ1n) is 9.96. The Morgan fingerprint density at radius 1 is 1.18 bits per heavy atom. The number of nitrogens with one attached hydrogen (secondary N) is 2. The number of benzene rings is 2. The number of non-ortho nitro benzene ring substituents is 1. The third-order valence-electron chi connectivity index (χ3n) is 4.94. The van der Waals surface area contributed by atoms with Crippen LogP contribution in [-0.4, -0.2) is 34.2 Å². The molecule has 0 radical (unpaired) electrons. The first-order valence-corrected chi connectivity index (χ1v) is 10.3. The number of imide groups is 1. The van der Waals surface area contributed by atoms with Gasteiger partial charge in [0.15, 0.2) is 0 Å². The Morgan fingerprint density at radius 2 is 1.91 bits per heavy atom. The minimum Gasteiger partial charge on any atom is -0.457 e. The van der Waals surface area contributed by atoms with Crippen LogP contribution in [0.2, 0.25) is 5.02 Å². The van der Waals surface area contributed by atoms with Gasteiger partial charge >= 0.3 is 6.03 Å². The number of carbonyl (C=O) groups excluding carboxylic acids is 3. The number of nitrogens with zero attached hydrogens (tertiary/aromatic N) is 2. The molecule has 11 heteroatoms. The topological polar surface area (TPSA) is 135 Å². The monoisotopic (exact) mass is 480 g/mol. The van der Waals surface area contributed by atoms with Crippen molar-refractivity contribution in [2.24, 2.45) is 0 Å². The van der Waals surface area contributed by atoms with Crippen molar-refractivity contribution in [1.82, 2.24) is 10.2 Å². The van der Waals surface area contributed by atoms with Gasteiger partial charge in [-0.25, -0.2) is 9.69 Å². The summed E-state index contributed by atoms with van der Waals surface area (Å²) in [6, 6.07) is 13.4. The van der Waals surface area contributed by atoms with Gasteiger partial charge in [0.2, 0.25) is 5.91 Å². The van der Waals surface area contributed by atoms with Crippen LogP contribution in [0.4, 0.5) is 16.2 Å². The zero-order valence-electron chi connectivity index (χ0n) is 17.7. The lowest BCUT2D eigenvalue weighted by atomic mass is 10.1. The summed E-state index contributed by atoms with van der Waals surface area (Å²) >= 11 is 6.13. The number of furan rings is 1. The van der Waals surface area contributed by atoms with Crippen molar-refractivity contribution in [3.05, 3.63) is 86.8 Å². The number of urea groups is 1. The van der Waals surface area contributed by atoms with Gasteiger partial charge in [-0.05, 0) is 37.3 Å². The predicted molar refractivity (Wildman–Crippen MR) is 124 cm³/mol. The first kappa shape index (κ1) is 22.7. The molecule has 2 heterocycles. The molecular formula is C23H17ClN4O6. The Bertz CT molecular complexity index is 1350. The molecule has 4 rings (SSSR count). The number of aryl methyl sites for hydroxylation is 1. The highest BCUT2D eigenvalue weighted by molar-refractivity contribution is 6.33. The summed E-state index contributed by atoms with van der Waals surface area (Å²) in [7, 11) is 0. The third-order valence-corrected chi connectivity index (χ3v) is 5.25. The summed E-state index contributed by atoms with van der Waals surface area (Å²) in [5, 5.41) is 16.0. The van der Waals surface area contributed by atoms with Crippen molar-refractivity contribution in [3.63, 3.8) is 0 Å². The lowest BCUT2D eigenvalue weighted by Gasteiger charge is -2.12. The number of carbonyl (C=O) groups is 3. The summed E-state index contributed by atoms with van der Waals surface area (Å²) in [6.45, 7) is 1.45. The van der Waals surface area contributed by atoms with Crippen molar-refractivity contribution in [2.75, 3.05) is 11.9 Å². The molecule has 0 spiro atoms. The van der Waals surface area contributed by atoms with E-state index in [1.54, 1.807) is 24.3 Å². The van der Waals surface area contributed by atoms with Crippen LogP contribution in [0, 0.1) is 17.0 Å². The van der Waals surface area contributed by atoms with E-state index in [-0.39, 0.29) is 22.2 Å². The van der Waals surface area contributed by atoms with Gasteiger partial charge < -0.3 is 15.1 Å². The molecule has 3 aromatic rings. The predicted octanol–water partition coefficient (Wildman–Crippen LogP) is 4.35. The highest BCUT2D eigenvalue weighted by Gasteiger charge is 2.35. The van der Waals surface area contributed by atoms with Gasteiger partial charge in [0.1, 0.15) is 23.8 Å². The minimum absolute atomic E-state index is 0.0659. The average Bonchev–Trinajstić information content (AvgIpc) is 3.35. The normalized spacial score (nSPS) is 14.4. The van der Waals surface area contributed by atoms with E-state index in [9.17, 15) is 24.5 Å². The molecular weight excluding hydrogens is 464 g/mol. The molecule has 0 unspecified atom stereocenters. The van der Waals surface area contributed by atoms with Crippen LogP contribution in [0.1, 0.15) is 11.3 Å². The number of nitro groups is 1. The van der Waals surface area contributed by atoms with Crippen molar-refractivity contribution in [1.29, 1.82) is 0 Å². The Balaban J connectivity index is 1.46. The second-order valence-electron chi connectivity index (χ2n) is 7.42. The molecule has 1 aromatic heterocycles. The van der Waals surface area contributed by atoms with E-state index in [4.69, 9.17) is 16.0 Å². The molecule has 1 aliphatic heterocycles. The van der Waals surface area contributed by atoms with E-state index >= 15 is 0 Å². The fourth-order valence-electron chi connectivity index (χ4n) is 3.23. The molecule has 0 atom stereocenters. The molecule has 0 bridgehead atoms. The molecule has 2 aromatic carbocycles. The number of rotatable bonds is 6. The van der Waals surface area contributed by atoms with Crippen LogP contribution in [0.3, 0.4) is 0 Å². The summed E-state index contributed by atoms with van der Waals surface area (Å²) in [5.74, 6) is -0.658. The molecule has 10 nitrogen and oxygen atoms in total. The molecule has 0 saturated carbocycles. The lowest BCUT2D eigenvalue weighted by molar-refractivity contribution is -0.384. The van der Waals surface area contributed by atoms with Crippen molar-refractivity contribution >= 4 is 46.9 Å². The number of halogens is 1. The Morgan fingerprint density at radius 3 is 2.59 bits per heavy atom. The molecule has 172 valence electrons. The van der Waals surface area contributed by atoms with Crippen LogP contribution in [0.5, 0.6) is 0 Å². The van der Waals surface area contributed by atoms with Gasteiger partial charge in [0.05, 0.1) is 9.95 Å². The number of amides is 4. The fourth-order valence-corrected chi connectivity index (χ4v) is 3.50. The largest absolute Gasteiger partial charge is 0.457 e. The van der Waals surface area contributed by atoms with Gasteiger partial charge in [-0.2, -0.15) is 0 Å². The highest BCUT2D eigenvalue weighted by Crippen LogP contribution is 2.32. The SMILES string of the molecule is Cc1ccc(NC(=O)CN2C(=O)N/C(=C/c3ccc(-c4ccc([N+](=O)[O-])cc4Cl)o3)C2=O)cc1. The summed E-state index contributed by atoms with van der Waals surface area (Å²) in [6.07, 6.45) is 1.32. The van der Waals surface area contributed by atoms with E-state index in [0.29, 0.717) is 17.0 Å². The number of hydrogen-bond donors (Lipinski definition) is 2. The summed E-state index contributed by atoms with van der Waals surface area (Å²) < 4.78 is 5.67. The van der Waals surface area contributed by atoms with E-state index in [2.05, 4.69) is 10.6 Å². The van der Waals surface area contributed by atoms with Crippen LogP contribution >= 0.6 is 11.6 Å². The van der Waals surface area contributed by atoms with Gasteiger partial charge in [-0.15, -0.1) is 0 Å². The highest BCUT2D eigenvalue weighted by atomic mass is 35.5. The van der Waals surface area contributed by atoms with E-state index < -0.39 is 29.3 Å². The van der Waals surface area contributed by atoms with Crippen LogP contribution in [0.15, 0.2) is 64.7 Å². The molecule has 2 N–H and O–H groups in total. The average molecular weight is 481 g/mol. The summed E-state index contributed by atoms with van der Waals surface area (Å²) in [5.41, 5.74) is 1.77. The lowest BCUT2D eigenvalue weighted by Crippen LogP contribution is -2.38. The fraction of sp³-hybridized carbons (Fsp3) is 0.0870. The molecule has 34 heavy (non-hydrogen) atoms. The maximum atomic E-state index is 12.7. The molecule has 4 amide bonds. The first-order chi connectivity index (χ1) is 16.2. The standard InChI is InChI=1S/C23H17ClN4O6/c1-13-2-4-14(5-3-13)25-21(29)12-27-22(30)19(26-23(27)31)11-16-7-9-20(34-16)17-8-6-15(28(32)33)10-18(17)24/h2-11H,12H2,1H3,(H,25,29)(H,26,31)/b19-11+. The number of anilines is 1. The molecule has 1 aliphatic rings. The summed E-state index contributed by atoms with van der Waals surface area (Å²) in [4.78, 5) is 48.3. The molecule has 1 fully saturated rings. The van der Waals surface area contributed by atoms with E-state index in [1.807, 2.05) is 19.1 Å². The quantitative estimate of drug-likeness (QED) is 0.233. The zero-order valence-corrected chi connectivity index (χ0v) is 18.5. The van der Waals surface area contributed by atoms with Crippen molar-refractivity contribution in [2.45, 2.75) is 6.92 Å². The van der Waals surface area contributed by atoms with E-state index in [0.717, 1.165) is 10.5 Å². The van der Waals surface area contributed by atoms with Gasteiger partial charge in [-0.3, -0.25) is 19.7 Å². The number of hydrogen-bond acceptors (Lipinski definition) is 6. The smallest absolute Gasteiger partial charge is 0.329 e. The second-order valence-corrected chi connectivity index (χ2v) is 7.82. The second kappa shape index (κ2) is 9.20. The van der Waals surface area contributed by atoms with Crippen LogP contribution in [-0.2, 0) is 9.59 Å². The van der Waals surface area contributed by atoms with Gasteiger partial charge in [0.25, 0.3) is 11.6 Å². The Hall–Kier alpha value is -4.44. The molecule has 0 aliphatic carbocycles. The van der Waals surface area contributed by atoms with Crippen molar-refractivity contribution < 1.29 is 23.7 Å². The minimum atomic E-state index is -0.736. The maximum absolute atomic E-state index is 12.7. The van der Waals surface area contributed by atoms with Gasteiger partial charge in [0, 0.05) is 29.5 Å². The van der Waals surface area contributed by atoms with Crippen molar-refractivity contribution in [3.8, 4) is 11.3 Å². The van der Waals surface area contributed by atoms with Crippen LogP contribution < -0.4 is 10.6 Å². The zero-order chi connectivity index (χ0) is 24.4. The maximum Gasteiger partial charge on any atom is 0.329 e. The molecule has 1 saturated heterocycles. The van der Waals surface area contributed by atoms with E-state index in [1.165, 1.54) is 24.3 Å². The third kappa shape index (κ3) is 4.81. The van der Waals surface area contributed by atoms with Gasteiger partial charge in [-0.1, -0.05) is 29.3 Å². The Labute approximate surface area is 197 Å². The number of nitro benzene ring substituents is 1. The Kier molecular flexibility index (Phi) is 6.15. The van der Waals surface area contributed by atoms with Crippen LogP contribution in [0.25, 0.3) is 17.4 Å².